The van der Waals surface area contributed by atoms with E-state index in [0.717, 1.165) is 39.0 Å². The molecule has 0 spiro atoms. The first-order chi connectivity index (χ1) is 12.5. The molecule has 2 aromatic rings. The number of ether oxygens (including phenoxy) is 2. The molecule has 0 saturated carbocycles. The molecule has 1 amide bonds. The first-order valence-electron chi connectivity index (χ1n) is 8.65. The molecule has 0 radical (unpaired) electrons. The van der Waals surface area contributed by atoms with Crippen LogP contribution in [0.5, 0.6) is 11.5 Å². The number of carbonyl (C=O) groups excluding carboxylic acids is 1. The molecule has 0 fully saturated rings. The second-order valence-electron chi connectivity index (χ2n) is 6.84. The molecule has 2 N–H and O–H groups in total. The second-order valence-corrected chi connectivity index (χ2v) is 9.11. The number of hydrogen-bond acceptors (Lipinski definition) is 5. The minimum Gasteiger partial charge on any atom is -0.493 e. The van der Waals surface area contributed by atoms with Gasteiger partial charge < -0.3 is 20.1 Å². The van der Waals surface area contributed by atoms with Crippen LogP contribution in [0.4, 0.5) is 5.00 Å². The van der Waals surface area contributed by atoms with Crippen LogP contribution in [0.1, 0.15) is 45.9 Å². The summed E-state index contributed by atoms with van der Waals surface area (Å²) in [7, 11) is 3.25. The summed E-state index contributed by atoms with van der Waals surface area (Å²) in [4.78, 5) is 14.2. The van der Waals surface area contributed by atoms with Gasteiger partial charge in [-0.3, -0.25) is 4.79 Å². The smallest absolute Gasteiger partial charge is 0.256 e. The normalized spacial score (nSPS) is 21.3. The molecule has 7 heteroatoms. The van der Waals surface area contributed by atoms with Gasteiger partial charge in [-0.2, -0.15) is 0 Å². The number of hydrogen-bond donors (Lipinski definition) is 2. The van der Waals surface area contributed by atoms with Crippen molar-refractivity contribution in [1.82, 2.24) is 5.32 Å². The third-order valence-electron chi connectivity index (χ3n) is 5.08. The number of halogens is 1. The highest BCUT2D eigenvalue weighted by atomic mass is 127. The summed E-state index contributed by atoms with van der Waals surface area (Å²) in [6, 6.07) is 3.93. The SMILES string of the molecule is COc1cc(C2NC(=O)c3c(sc4c3CCC(C)C4)N2)cc(I)c1OC. The first kappa shape index (κ1) is 17.9. The van der Waals surface area contributed by atoms with Gasteiger partial charge >= 0.3 is 0 Å². The topological polar surface area (TPSA) is 59.6 Å². The zero-order valence-electron chi connectivity index (χ0n) is 14.9. The van der Waals surface area contributed by atoms with E-state index in [4.69, 9.17) is 9.47 Å². The van der Waals surface area contributed by atoms with Gasteiger partial charge in [0.1, 0.15) is 11.2 Å². The number of methoxy groups -OCH3 is 2. The van der Waals surface area contributed by atoms with Crippen LogP contribution in [0.25, 0.3) is 0 Å². The molecule has 5 nitrogen and oxygen atoms in total. The van der Waals surface area contributed by atoms with Crippen molar-refractivity contribution < 1.29 is 14.3 Å². The monoisotopic (exact) mass is 484 g/mol. The maximum atomic E-state index is 12.8. The Morgan fingerprint density at radius 2 is 2.04 bits per heavy atom. The largest absolute Gasteiger partial charge is 0.493 e. The molecule has 2 aliphatic rings. The summed E-state index contributed by atoms with van der Waals surface area (Å²) < 4.78 is 11.8. The van der Waals surface area contributed by atoms with Gasteiger partial charge in [-0.25, -0.2) is 0 Å². The molecule has 4 rings (SSSR count). The van der Waals surface area contributed by atoms with Crippen LogP contribution < -0.4 is 20.1 Å². The fraction of sp³-hybridized carbons (Fsp3) is 0.421. The molecular formula is C19H21IN2O3S. The predicted octanol–water partition coefficient (Wildman–Crippen LogP) is 4.35. The molecule has 0 bridgehead atoms. The standard InChI is InChI=1S/C19H21IN2O3S/c1-9-4-5-11-14(6-9)26-19-15(11)18(23)21-17(22-19)10-7-12(20)16(25-3)13(8-10)24-2/h7-9,17,22H,4-6H2,1-3H3,(H,21,23). The van der Waals surface area contributed by atoms with Crippen molar-refractivity contribution in [2.24, 2.45) is 5.92 Å². The molecule has 138 valence electrons. The van der Waals surface area contributed by atoms with E-state index in [2.05, 4.69) is 40.1 Å². The molecule has 1 aliphatic carbocycles. The van der Waals surface area contributed by atoms with Gasteiger partial charge in [-0.1, -0.05) is 6.92 Å². The van der Waals surface area contributed by atoms with E-state index in [1.165, 1.54) is 10.4 Å². The van der Waals surface area contributed by atoms with E-state index in [9.17, 15) is 4.79 Å². The van der Waals surface area contributed by atoms with Crippen LogP contribution in [-0.4, -0.2) is 20.1 Å². The van der Waals surface area contributed by atoms with Crippen molar-refractivity contribution in [1.29, 1.82) is 0 Å². The maximum absolute atomic E-state index is 12.8. The summed E-state index contributed by atoms with van der Waals surface area (Å²) in [5.41, 5.74) is 3.04. The fourth-order valence-electron chi connectivity index (χ4n) is 3.73. The third kappa shape index (κ3) is 2.94. The molecule has 2 heterocycles. The van der Waals surface area contributed by atoms with E-state index in [-0.39, 0.29) is 12.1 Å². The summed E-state index contributed by atoms with van der Waals surface area (Å²) in [6.07, 6.45) is 2.94. The van der Waals surface area contributed by atoms with Crippen molar-refractivity contribution >= 4 is 44.8 Å². The zero-order chi connectivity index (χ0) is 18.4. The average Bonchev–Trinajstić information content (AvgIpc) is 2.98. The molecule has 2 atom stereocenters. The summed E-state index contributed by atoms with van der Waals surface area (Å²) in [5.74, 6) is 2.07. The number of rotatable bonds is 3. The first-order valence-corrected chi connectivity index (χ1v) is 10.5. The lowest BCUT2D eigenvalue weighted by Crippen LogP contribution is -2.38. The highest BCUT2D eigenvalue weighted by molar-refractivity contribution is 14.1. The van der Waals surface area contributed by atoms with E-state index in [1.807, 2.05) is 12.1 Å². The second kappa shape index (κ2) is 6.92. The fourth-order valence-corrected chi connectivity index (χ4v) is 6.02. The lowest BCUT2D eigenvalue weighted by atomic mass is 9.88. The lowest BCUT2D eigenvalue weighted by Gasteiger charge is -2.27. The molecular weight excluding hydrogens is 463 g/mol. The summed E-state index contributed by atoms with van der Waals surface area (Å²) in [5, 5.41) is 7.62. The van der Waals surface area contributed by atoms with E-state index in [1.54, 1.807) is 25.6 Å². The van der Waals surface area contributed by atoms with Crippen molar-refractivity contribution in [2.75, 3.05) is 19.5 Å². The van der Waals surface area contributed by atoms with Gasteiger partial charge in [-0.05, 0) is 71.0 Å². The molecule has 26 heavy (non-hydrogen) atoms. The molecule has 1 aromatic heterocycles. The van der Waals surface area contributed by atoms with Crippen LogP contribution in [0.2, 0.25) is 0 Å². The number of anilines is 1. The quantitative estimate of drug-likeness (QED) is 0.637. The zero-order valence-corrected chi connectivity index (χ0v) is 17.9. The molecule has 0 saturated heterocycles. The van der Waals surface area contributed by atoms with Crippen molar-refractivity contribution in [3.8, 4) is 11.5 Å². The Balaban J connectivity index is 1.70. The number of fused-ring (bicyclic) bond motifs is 3. The highest BCUT2D eigenvalue weighted by Gasteiger charge is 2.33. The van der Waals surface area contributed by atoms with Crippen LogP contribution in [-0.2, 0) is 12.8 Å². The number of amides is 1. The Kier molecular flexibility index (Phi) is 4.77. The van der Waals surface area contributed by atoms with Crippen LogP contribution in [0.3, 0.4) is 0 Å². The van der Waals surface area contributed by atoms with Gasteiger partial charge in [0.2, 0.25) is 0 Å². The Bertz CT molecular complexity index is 880. The van der Waals surface area contributed by atoms with Gasteiger partial charge in [0.05, 0.1) is 23.4 Å². The number of nitrogens with one attached hydrogen (secondary N) is 2. The highest BCUT2D eigenvalue weighted by Crippen LogP contribution is 2.43. The molecule has 2 unspecified atom stereocenters. The van der Waals surface area contributed by atoms with Crippen LogP contribution in [0, 0.1) is 9.49 Å². The number of carbonyl (C=O) groups is 1. The Labute approximate surface area is 170 Å². The minimum atomic E-state index is -0.277. The number of thiophene rings is 1. The van der Waals surface area contributed by atoms with Crippen LogP contribution >= 0.6 is 33.9 Å². The van der Waals surface area contributed by atoms with Gasteiger partial charge in [0.15, 0.2) is 11.5 Å². The minimum absolute atomic E-state index is 0.0144. The third-order valence-corrected chi connectivity index (χ3v) is 7.07. The lowest BCUT2D eigenvalue weighted by molar-refractivity contribution is 0.0935. The van der Waals surface area contributed by atoms with Gasteiger partial charge in [0.25, 0.3) is 5.91 Å². The van der Waals surface area contributed by atoms with Crippen molar-refractivity contribution in [3.63, 3.8) is 0 Å². The predicted molar refractivity (Wildman–Crippen MR) is 112 cm³/mol. The summed E-state index contributed by atoms with van der Waals surface area (Å²) >= 11 is 3.96. The Morgan fingerprint density at radius 3 is 2.77 bits per heavy atom. The van der Waals surface area contributed by atoms with E-state index < -0.39 is 0 Å². The molecule has 1 aromatic carbocycles. The van der Waals surface area contributed by atoms with Crippen LogP contribution in [0.15, 0.2) is 12.1 Å². The summed E-state index contributed by atoms with van der Waals surface area (Å²) in [6.45, 7) is 2.28. The molecule has 1 aliphatic heterocycles. The Hall–Kier alpha value is -1.48. The van der Waals surface area contributed by atoms with E-state index >= 15 is 0 Å². The number of benzene rings is 1. The van der Waals surface area contributed by atoms with Crippen molar-refractivity contribution in [3.05, 3.63) is 37.3 Å². The van der Waals surface area contributed by atoms with Crippen molar-refractivity contribution in [2.45, 2.75) is 32.4 Å². The Morgan fingerprint density at radius 1 is 1.23 bits per heavy atom. The van der Waals surface area contributed by atoms with Gasteiger partial charge in [-0.15, -0.1) is 11.3 Å². The maximum Gasteiger partial charge on any atom is 0.256 e. The average molecular weight is 484 g/mol. The van der Waals surface area contributed by atoms with Gasteiger partial charge in [0, 0.05) is 4.88 Å². The van der Waals surface area contributed by atoms with E-state index in [0.29, 0.717) is 17.4 Å².